The molecular formula is C28H44N4O3. The number of rotatable bonds is 11. The zero-order valence-electron chi connectivity index (χ0n) is 22.2. The molecule has 0 aliphatic carbocycles. The van der Waals surface area contributed by atoms with E-state index in [4.69, 9.17) is 4.74 Å². The van der Waals surface area contributed by atoms with E-state index in [1.54, 1.807) is 12.0 Å². The first-order valence-electron chi connectivity index (χ1n) is 12.6. The number of aliphatic hydroxyl groups is 1. The van der Waals surface area contributed by atoms with Crippen molar-refractivity contribution in [3.05, 3.63) is 83.1 Å². The molecule has 2 aromatic carbocycles. The number of benzene rings is 2. The van der Waals surface area contributed by atoms with Gasteiger partial charge < -0.3 is 25.5 Å². The number of aliphatic hydroxyl groups excluding tert-OH is 1. The number of amides is 1. The minimum atomic E-state index is -0.512. The van der Waals surface area contributed by atoms with Crippen molar-refractivity contribution in [3.63, 3.8) is 0 Å². The van der Waals surface area contributed by atoms with Crippen molar-refractivity contribution in [1.82, 2.24) is 21.1 Å². The summed E-state index contributed by atoms with van der Waals surface area (Å²) in [5.74, 6) is -0.00829. The van der Waals surface area contributed by atoms with E-state index < -0.39 is 6.10 Å². The summed E-state index contributed by atoms with van der Waals surface area (Å²) in [6, 6.07) is 17.4. The van der Waals surface area contributed by atoms with Gasteiger partial charge in [0.15, 0.2) is 0 Å². The molecule has 0 fully saturated rings. The maximum Gasteiger partial charge on any atom is 0.253 e. The third-order valence-corrected chi connectivity index (χ3v) is 5.25. The van der Waals surface area contributed by atoms with Gasteiger partial charge in [0.25, 0.3) is 5.91 Å². The molecule has 35 heavy (non-hydrogen) atoms. The van der Waals surface area contributed by atoms with Crippen LogP contribution in [0.15, 0.2) is 66.4 Å². The fourth-order valence-electron chi connectivity index (χ4n) is 3.53. The number of likely N-dealkylation sites (N-methyl/N-ethyl adjacent to an activating group) is 1. The molecule has 0 bridgehead atoms. The number of carbonyl (C=O) groups excluding carboxylic acids is 1. The second-order valence-corrected chi connectivity index (χ2v) is 7.76. The number of ether oxygens (including phenoxy) is 1. The average Bonchev–Trinajstić information content (AvgIpc) is 3.36. The summed E-state index contributed by atoms with van der Waals surface area (Å²) >= 11 is 0. The predicted molar refractivity (Wildman–Crippen MR) is 144 cm³/mol. The molecule has 1 aliphatic rings. The van der Waals surface area contributed by atoms with E-state index in [0.717, 1.165) is 29.8 Å². The van der Waals surface area contributed by atoms with Gasteiger partial charge in [0.1, 0.15) is 0 Å². The van der Waals surface area contributed by atoms with E-state index in [1.807, 2.05) is 95.4 Å². The van der Waals surface area contributed by atoms with Crippen molar-refractivity contribution in [3.8, 4) is 0 Å². The molecule has 3 rings (SSSR count). The second kappa shape index (κ2) is 17.7. The summed E-state index contributed by atoms with van der Waals surface area (Å²) in [5, 5.41) is 13.5. The molecule has 0 saturated heterocycles. The van der Waals surface area contributed by atoms with E-state index in [1.165, 1.54) is 0 Å². The van der Waals surface area contributed by atoms with Gasteiger partial charge in [0, 0.05) is 38.5 Å². The van der Waals surface area contributed by atoms with Crippen LogP contribution in [0.5, 0.6) is 0 Å². The lowest BCUT2D eigenvalue weighted by Gasteiger charge is -2.20. The van der Waals surface area contributed by atoms with Crippen molar-refractivity contribution in [2.45, 2.75) is 46.3 Å². The predicted octanol–water partition coefficient (Wildman–Crippen LogP) is 3.68. The van der Waals surface area contributed by atoms with E-state index in [0.29, 0.717) is 25.3 Å². The molecule has 4 N–H and O–H groups in total. The SMILES string of the molecule is CC.CC.COCC1=CC(CN(C)C(=O)c2ccc(CCNCC(O)c3ccccc3)cc2)NN1. The monoisotopic (exact) mass is 484 g/mol. The Morgan fingerprint density at radius 3 is 2.37 bits per heavy atom. The minimum absolute atomic E-state index is 0.00829. The Morgan fingerprint density at radius 2 is 1.74 bits per heavy atom. The largest absolute Gasteiger partial charge is 0.387 e. The summed E-state index contributed by atoms with van der Waals surface area (Å²) in [7, 11) is 3.46. The number of nitrogens with zero attached hydrogens (tertiary/aromatic N) is 1. The number of methoxy groups -OCH3 is 1. The standard InChI is InChI=1S/C24H32N4O3.2C2H6/c1-28(16-21-14-22(17-31-2)27-26-21)24(30)20-10-8-18(9-11-20)12-13-25-15-23(29)19-6-4-3-5-7-19;2*1-2/h3-11,14,21,23,25-27,29H,12-13,15-17H2,1-2H3;2*1-2H3. The molecule has 0 spiro atoms. The highest BCUT2D eigenvalue weighted by atomic mass is 16.5. The Bertz CT molecular complexity index is 856. The summed E-state index contributed by atoms with van der Waals surface area (Å²) in [6.45, 7) is 10.3. The van der Waals surface area contributed by atoms with Crippen molar-refractivity contribution in [1.29, 1.82) is 0 Å². The molecule has 2 atom stereocenters. The molecule has 0 aromatic heterocycles. The number of hydrazine groups is 1. The van der Waals surface area contributed by atoms with Crippen LogP contribution in [0.4, 0.5) is 0 Å². The maximum absolute atomic E-state index is 12.7. The second-order valence-electron chi connectivity index (χ2n) is 7.76. The Balaban J connectivity index is 0.00000145. The summed E-state index contributed by atoms with van der Waals surface area (Å²) < 4.78 is 5.11. The molecule has 7 heteroatoms. The van der Waals surface area contributed by atoms with Gasteiger partial charge in [-0.3, -0.25) is 4.79 Å². The van der Waals surface area contributed by atoms with Crippen molar-refractivity contribution in [2.24, 2.45) is 0 Å². The fraction of sp³-hybridized carbons (Fsp3) is 0.464. The smallest absolute Gasteiger partial charge is 0.253 e. The van der Waals surface area contributed by atoms with Crippen molar-refractivity contribution < 1.29 is 14.6 Å². The first-order chi connectivity index (χ1) is 17.1. The van der Waals surface area contributed by atoms with Crippen LogP contribution in [-0.4, -0.2) is 62.4 Å². The van der Waals surface area contributed by atoms with Crippen LogP contribution >= 0.6 is 0 Å². The van der Waals surface area contributed by atoms with Gasteiger partial charge in [-0.1, -0.05) is 70.2 Å². The molecule has 0 saturated carbocycles. The van der Waals surface area contributed by atoms with Gasteiger partial charge in [-0.05, 0) is 42.3 Å². The van der Waals surface area contributed by atoms with Gasteiger partial charge in [-0.2, -0.15) is 0 Å². The summed E-state index contributed by atoms with van der Waals surface area (Å²) in [5.41, 5.74) is 9.92. The maximum atomic E-state index is 12.7. The highest BCUT2D eigenvalue weighted by Crippen LogP contribution is 2.12. The van der Waals surface area contributed by atoms with Gasteiger partial charge in [-0.25, -0.2) is 5.43 Å². The first-order valence-corrected chi connectivity index (χ1v) is 12.6. The normalized spacial score (nSPS) is 14.9. The molecule has 0 radical (unpaired) electrons. The lowest BCUT2D eigenvalue weighted by atomic mass is 10.1. The zero-order chi connectivity index (χ0) is 26.1. The molecule has 1 aliphatic heterocycles. The molecule has 1 amide bonds. The lowest BCUT2D eigenvalue weighted by molar-refractivity contribution is 0.0787. The number of nitrogens with one attached hydrogen (secondary N) is 3. The molecule has 194 valence electrons. The number of hydrogen-bond acceptors (Lipinski definition) is 6. The number of hydrogen-bond donors (Lipinski definition) is 4. The van der Waals surface area contributed by atoms with Gasteiger partial charge in [0.2, 0.25) is 0 Å². The summed E-state index contributed by atoms with van der Waals surface area (Å²) in [6.07, 6.45) is 2.36. The molecule has 2 unspecified atom stereocenters. The van der Waals surface area contributed by atoms with Crippen LogP contribution in [0, 0.1) is 0 Å². The average molecular weight is 485 g/mol. The molecular weight excluding hydrogens is 440 g/mol. The highest BCUT2D eigenvalue weighted by Gasteiger charge is 2.19. The Labute approximate surface area is 211 Å². The first kappa shape index (κ1) is 30.3. The number of carbonyl (C=O) groups is 1. The quantitative estimate of drug-likeness (QED) is 0.364. The Morgan fingerprint density at radius 1 is 1.09 bits per heavy atom. The van der Waals surface area contributed by atoms with Crippen molar-refractivity contribution in [2.75, 3.05) is 40.4 Å². The highest BCUT2D eigenvalue weighted by molar-refractivity contribution is 5.94. The molecule has 1 heterocycles. The molecule has 2 aromatic rings. The lowest BCUT2D eigenvalue weighted by Crippen LogP contribution is -2.42. The van der Waals surface area contributed by atoms with E-state index in [-0.39, 0.29) is 11.9 Å². The molecule has 7 nitrogen and oxygen atoms in total. The van der Waals surface area contributed by atoms with Crippen LogP contribution in [0.3, 0.4) is 0 Å². The van der Waals surface area contributed by atoms with E-state index in [2.05, 4.69) is 16.2 Å². The van der Waals surface area contributed by atoms with Crippen LogP contribution in [0.2, 0.25) is 0 Å². The van der Waals surface area contributed by atoms with E-state index >= 15 is 0 Å². The third-order valence-electron chi connectivity index (χ3n) is 5.25. The van der Waals surface area contributed by atoms with Crippen LogP contribution in [0.25, 0.3) is 0 Å². The van der Waals surface area contributed by atoms with Crippen LogP contribution in [-0.2, 0) is 11.2 Å². The minimum Gasteiger partial charge on any atom is -0.387 e. The van der Waals surface area contributed by atoms with Gasteiger partial charge in [-0.15, -0.1) is 0 Å². The van der Waals surface area contributed by atoms with Crippen LogP contribution in [0.1, 0.15) is 55.3 Å². The topological polar surface area (TPSA) is 85.9 Å². The van der Waals surface area contributed by atoms with E-state index in [9.17, 15) is 9.90 Å². The third kappa shape index (κ3) is 10.6. The summed E-state index contributed by atoms with van der Waals surface area (Å²) in [4.78, 5) is 14.4. The Hall–Kier alpha value is -2.71. The zero-order valence-corrected chi connectivity index (χ0v) is 22.2. The van der Waals surface area contributed by atoms with Crippen LogP contribution < -0.4 is 16.2 Å². The van der Waals surface area contributed by atoms with Gasteiger partial charge >= 0.3 is 0 Å². The van der Waals surface area contributed by atoms with Crippen molar-refractivity contribution >= 4 is 5.91 Å². The Kier molecular flexibility index (Phi) is 15.3. The fourth-order valence-corrected chi connectivity index (χ4v) is 3.53. The van der Waals surface area contributed by atoms with Gasteiger partial charge in [0.05, 0.1) is 18.8 Å².